The van der Waals surface area contributed by atoms with Crippen molar-refractivity contribution in [3.63, 3.8) is 0 Å². The average molecular weight is 247 g/mol. The standard InChI is InChI=1S/C16H25NO/c1-16(12-17,18-2)15-10-8-14(9-11-15)13-6-4-3-5-7-13/h8-11,13H,3-7,12,17H2,1-2H3. The molecule has 1 aromatic carbocycles. The summed E-state index contributed by atoms with van der Waals surface area (Å²) >= 11 is 0. The Morgan fingerprint density at radius 3 is 2.28 bits per heavy atom. The molecule has 0 radical (unpaired) electrons. The molecule has 18 heavy (non-hydrogen) atoms. The van der Waals surface area contributed by atoms with Crippen LogP contribution in [0.3, 0.4) is 0 Å². The molecule has 0 amide bonds. The predicted octanol–water partition coefficient (Wildman–Crippen LogP) is 3.55. The van der Waals surface area contributed by atoms with E-state index in [1.165, 1.54) is 43.2 Å². The van der Waals surface area contributed by atoms with Gasteiger partial charge in [0, 0.05) is 13.7 Å². The van der Waals surface area contributed by atoms with Crippen molar-refractivity contribution in [2.45, 2.75) is 50.5 Å². The molecule has 100 valence electrons. The van der Waals surface area contributed by atoms with Crippen LogP contribution in [-0.4, -0.2) is 13.7 Å². The van der Waals surface area contributed by atoms with Crippen LogP contribution >= 0.6 is 0 Å². The molecule has 0 aromatic heterocycles. The SMILES string of the molecule is COC(C)(CN)c1ccc(C2CCCCC2)cc1. The fourth-order valence-corrected chi connectivity index (χ4v) is 2.86. The zero-order valence-electron chi connectivity index (χ0n) is 11.6. The van der Waals surface area contributed by atoms with E-state index in [1.807, 2.05) is 6.92 Å². The normalized spacial score (nSPS) is 20.6. The molecule has 1 aliphatic rings. The maximum absolute atomic E-state index is 5.81. The molecule has 1 saturated carbocycles. The molecule has 0 aliphatic heterocycles. The van der Waals surface area contributed by atoms with Gasteiger partial charge in [-0.15, -0.1) is 0 Å². The predicted molar refractivity (Wildman–Crippen MR) is 75.7 cm³/mol. The van der Waals surface area contributed by atoms with Crippen molar-refractivity contribution < 1.29 is 4.74 Å². The maximum atomic E-state index is 5.81. The number of nitrogens with two attached hydrogens (primary N) is 1. The van der Waals surface area contributed by atoms with E-state index in [0.717, 1.165) is 5.92 Å². The number of rotatable bonds is 4. The third-order valence-electron chi connectivity index (χ3n) is 4.44. The Labute approximate surface area is 111 Å². The number of ether oxygens (including phenoxy) is 1. The minimum Gasteiger partial charge on any atom is -0.372 e. The summed E-state index contributed by atoms with van der Waals surface area (Å²) in [6.07, 6.45) is 6.86. The molecule has 2 heteroatoms. The van der Waals surface area contributed by atoms with Gasteiger partial charge in [-0.25, -0.2) is 0 Å². The van der Waals surface area contributed by atoms with E-state index in [0.29, 0.717) is 6.54 Å². The summed E-state index contributed by atoms with van der Waals surface area (Å²) in [6.45, 7) is 2.55. The first kappa shape index (κ1) is 13.6. The monoisotopic (exact) mass is 247 g/mol. The maximum Gasteiger partial charge on any atom is 0.102 e. The fourth-order valence-electron chi connectivity index (χ4n) is 2.86. The van der Waals surface area contributed by atoms with Gasteiger partial charge in [0.15, 0.2) is 0 Å². The number of hydrogen-bond acceptors (Lipinski definition) is 2. The van der Waals surface area contributed by atoms with E-state index in [4.69, 9.17) is 10.5 Å². The zero-order chi connectivity index (χ0) is 13.0. The van der Waals surface area contributed by atoms with Crippen LogP contribution in [-0.2, 0) is 10.3 Å². The van der Waals surface area contributed by atoms with Crippen LogP contribution < -0.4 is 5.73 Å². The van der Waals surface area contributed by atoms with Gasteiger partial charge in [0.25, 0.3) is 0 Å². The lowest BCUT2D eigenvalue weighted by Crippen LogP contribution is -2.33. The van der Waals surface area contributed by atoms with E-state index in [9.17, 15) is 0 Å². The quantitative estimate of drug-likeness (QED) is 0.883. The Kier molecular flexibility index (Phi) is 4.41. The van der Waals surface area contributed by atoms with Crippen molar-refractivity contribution in [1.29, 1.82) is 0 Å². The number of methoxy groups -OCH3 is 1. The second kappa shape index (κ2) is 5.85. The van der Waals surface area contributed by atoms with Crippen molar-refractivity contribution in [3.8, 4) is 0 Å². The van der Waals surface area contributed by atoms with Gasteiger partial charge in [0.1, 0.15) is 5.60 Å². The largest absolute Gasteiger partial charge is 0.372 e. The summed E-state index contributed by atoms with van der Waals surface area (Å²) in [5, 5.41) is 0. The van der Waals surface area contributed by atoms with Gasteiger partial charge in [-0.3, -0.25) is 0 Å². The molecule has 1 aromatic rings. The Hall–Kier alpha value is -0.860. The number of benzene rings is 1. The molecule has 0 bridgehead atoms. The van der Waals surface area contributed by atoms with E-state index in [1.54, 1.807) is 7.11 Å². The molecule has 2 N–H and O–H groups in total. The third kappa shape index (κ3) is 2.76. The van der Waals surface area contributed by atoms with Crippen molar-refractivity contribution in [1.82, 2.24) is 0 Å². The fraction of sp³-hybridized carbons (Fsp3) is 0.625. The highest BCUT2D eigenvalue weighted by atomic mass is 16.5. The van der Waals surface area contributed by atoms with Gasteiger partial charge in [-0.2, -0.15) is 0 Å². The highest BCUT2D eigenvalue weighted by molar-refractivity contribution is 5.29. The number of hydrogen-bond donors (Lipinski definition) is 1. The summed E-state index contributed by atoms with van der Waals surface area (Å²) in [4.78, 5) is 0. The van der Waals surface area contributed by atoms with Crippen molar-refractivity contribution in [2.75, 3.05) is 13.7 Å². The smallest absolute Gasteiger partial charge is 0.102 e. The lowest BCUT2D eigenvalue weighted by Gasteiger charge is -2.28. The summed E-state index contributed by atoms with van der Waals surface area (Å²) in [7, 11) is 1.72. The summed E-state index contributed by atoms with van der Waals surface area (Å²) in [5.41, 5.74) is 8.10. The highest BCUT2D eigenvalue weighted by Crippen LogP contribution is 2.33. The van der Waals surface area contributed by atoms with Crippen molar-refractivity contribution in [2.24, 2.45) is 5.73 Å². The van der Waals surface area contributed by atoms with E-state index in [2.05, 4.69) is 24.3 Å². The zero-order valence-corrected chi connectivity index (χ0v) is 11.6. The van der Waals surface area contributed by atoms with Crippen LogP contribution in [0.4, 0.5) is 0 Å². The van der Waals surface area contributed by atoms with Gasteiger partial charge >= 0.3 is 0 Å². The Morgan fingerprint density at radius 1 is 1.17 bits per heavy atom. The second-order valence-electron chi connectivity index (χ2n) is 5.60. The van der Waals surface area contributed by atoms with Crippen LogP contribution in [0.1, 0.15) is 56.1 Å². The molecule has 0 spiro atoms. The van der Waals surface area contributed by atoms with Gasteiger partial charge < -0.3 is 10.5 Å². The molecule has 1 unspecified atom stereocenters. The molecule has 1 fully saturated rings. The van der Waals surface area contributed by atoms with Crippen LogP contribution in [0.5, 0.6) is 0 Å². The van der Waals surface area contributed by atoms with Crippen LogP contribution in [0.2, 0.25) is 0 Å². The first-order valence-corrected chi connectivity index (χ1v) is 7.05. The van der Waals surface area contributed by atoms with E-state index in [-0.39, 0.29) is 5.60 Å². The lowest BCUT2D eigenvalue weighted by molar-refractivity contribution is 0.0101. The van der Waals surface area contributed by atoms with Crippen molar-refractivity contribution >= 4 is 0 Å². The first-order chi connectivity index (χ1) is 8.69. The average Bonchev–Trinajstić information content (AvgIpc) is 2.47. The van der Waals surface area contributed by atoms with Crippen LogP contribution in [0.25, 0.3) is 0 Å². The third-order valence-corrected chi connectivity index (χ3v) is 4.44. The molecule has 0 saturated heterocycles. The molecule has 1 atom stereocenters. The Morgan fingerprint density at radius 2 is 1.78 bits per heavy atom. The topological polar surface area (TPSA) is 35.2 Å². The Bertz CT molecular complexity index is 361. The minimum atomic E-state index is -0.356. The van der Waals surface area contributed by atoms with E-state index >= 15 is 0 Å². The summed E-state index contributed by atoms with van der Waals surface area (Å²) in [5.74, 6) is 0.763. The van der Waals surface area contributed by atoms with E-state index < -0.39 is 0 Å². The Balaban J connectivity index is 2.14. The minimum absolute atomic E-state index is 0.356. The molecule has 0 heterocycles. The molecule has 2 nitrogen and oxygen atoms in total. The highest BCUT2D eigenvalue weighted by Gasteiger charge is 2.24. The molecule has 1 aliphatic carbocycles. The lowest BCUT2D eigenvalue weighted by atomic mass is 9.83. The van der Waals surface area contributed by atoms with Crippen LogP contribution in [0.15, 0.2) is 24.3 Å². The van der Waals surface area contributed by atoms with Gasteiger partial charge in [-0.1, -0.05) is 43.5 Å². The van der Waals surface area contributed by atoms with Gasteiger partial charge in [0.05, 0.1) is 0 Å². The molecular weight excluding hydrogens is 222 g/mol. The summed E-state index contributed by atoms with van der Waals surface area (Å²) < 4.78 is 5.53. The summed E-state index contributed by atoms with van der Waals surface area (Å²) in [6, 6.07) is 8.89. The molecular formula is C16H25NO. The van der Waals surface area contributed by atoms with Crippen LogP contribution in [0, 0.1) is 0 Å². The van der Waals surface area contributed by atoms with Gasteiger partial charge in [0.2, 0.25) is 0 Å². The van der Waals surface area contributed by atoms with Gasteiger partial charge in [-0.05, 0) is 36.8 Å². The first-order valence-electron chi connectivity index (χ1n) is 7.05. The van der Waals surface area contributed by atoms with Crippen molar-refractivity contribution in [3.05, 3.63) is 35.4 Å². The molecule has 2 rings (SSSR count). The second-order valence-corrected chi connectivity index (χ2v) is 5.60.